The molecule has 0 spiro atoms. The fraction of sp³-hybridized carbons (Fsp3) is 0.316. The van der Waals surface area contributed by atoms with Crippen molar-refractivity contribution in [1.82, 2.24) is 0 Å². The number of anilines is 1. The van der Waals surface area contributed by atoms with E-state index in [1.807, 2.05) is 43.3 Å². The zero-order valence-electron chi connectivity index (χ0n) is 13.8. The van der Waals surface area contributed by atoms with Crippen LogP contribution in [-0.2, 0) is 4.79 Å². The van der Waals surface area contributed by atoms with Crippen molar-refractivity contribution in [3.63, 3.8) is 0 Å². The second-order valence-corrected chi connectivity index (χ2v) is 5.52. The molecule has 0 radical (unpaired) electrons. The number of benzene rings is 2. The molecule has 122 valence electrons. The maximum absolute atomic E-state index is 11.9. The van der Waals surface area contributed by atoms with Gasteiger partial charge in [-0.3, -0.25) is 4.79 Å². The summed E-state index contributed by atoms with van der Waals surface area (Å²) in [6.07, 6.45) is 0. The Morgan fingerprint density at radius 3 is 2.30 bits per heavy atom. The third-order valence-corrected chi connectivity index (χ3v) is 3.35. The van der Waals surface area contributed by atoms with Crippen LogP contribution in [-0.4, -0.2) is 19.1 Å². The van der Waals surface area contributed by atoms with E-state index < -0.39 is 0 Å². The molecule has 0 bridgehead atoms. The van der Waals surface area contributed by atoms with E-state index in [0.29, 0.717) is 18.3 Å². The van der Waals surface area contributed by atoms with Crippen LogP contribution in [0.4, 0.5) is 5.69 Å². The summed E-state index contributed by atoms with van der Waals surface area (Å²) in [6.45, 7) is 6.75. The highest BCUT2D eigenvalue weighted by molar-refractivity contribution is 5.91. The topological polar surface area (TPSA) is 47.6 Å². The molecule has 0 fully saturated rings. The Bertz CT molecular complexity index is 635. The monoisotopic (exact) mass is 313 g/mol. The Kier molecular flexibility index (Phi) is 6.03. The Morgan fingerprint density at radius 2 is 1.70 bits per heavy atom. The summed E-state index contributed by atoms with van der Waals surface area (Å²) in [4.78, 5) is 11.9. The molecule has 0 saturated carbocycles. The molecule has 0 aromatic heterocycles. The number of nitrogens with one attached hydrogen (secondary N) is 1. The summed E-state index contributed by atoms with van der Waals surface area (Å²) in [5, 5.41) is 2.82. The minimum Gasteiger partial charge on any atom is -0.494 e. The van der Waals surface area contributed by atoms with Gasteiger partial charge in [0.25, 0.3) is 5.91 Å². The first-order chi connectivity index (χ1) is 11.1. The zero-order valence-corrected chi connectivity index (χ0v) is 13.8. The molecule has 0 saturated heterocycles. The molecule has 2 aromatic carbocycles. The summed E-state index contributed by atoms with van der Waals surface area (Å²) in [7, 11) is 0. The van der Waals surface area contributed by atoms with Crippen molar-refractivity contribution in [3.8, 4) is 11.5 Å². The number of carbonyl (C=O) groups excluding carboxylic acids is 1. The quantitative estimate of drug-likeness (QED) is 0.832. The van der Waals surface area contributed by atoms with E-state index in [2.05, 4.69) is 19.2 Å². The molecule has 2 aromatic rings. The number of hydrogen-bond acceptors (Lipinski definition) is 3. The van der Waals surface area contributed by atoms with Crippen molar-refractivity contribution < 1.29 is 14.3 Å². The number of carbonyl (C=O) groups is 1. The van der Waals surface area contributed by atoms with Gasteiger partial charge < -0.3 is 14.8 Å². The van der Waals surface area contributed by atoms with Crippen molar-refractivity contribution in [3.05, 3.63) is 54.1 Å². The molecule has 0 aliphatic heterocycles. The molecule has 1 amide bonds. The average molecular weight is 313 g/mol. The lowest BCUT2D eigenvalue weighted by atomic mass is 10.0. The minimum atomic E-state index is -0.191. The predicted molar refractivity (Wildman–Crippen MR) is 92.3 cm³/mol. The Balaban J connectivity index is 1.86. The van der Waals surface area contributed by atoms with Gasteiger partial charge in [0.05, 0.1) is 6.61 Å². The highest BCUT2D eigenvalue weighted by Crippen LogP contribution is 2.20. The van der Waals surface area contributed by atoms with E-state index in [-0.39, 0.29) is 12.5 Å². The van der Waals surface area contributed by atoms with Gasteiger partial charge in [-0.15, -0.1) is 0 Å². The SMILES string of the molecule is CCOc1cccc(OCC(=O)Nc2ccc(C(C)C)cc2)c1. The van der Waals surface area contributed by atoms with Crippen LogP contribution in [0.5, 0.6) is 11.5 Å². The standard InChI is InChI=1S/C19H23NO3/c1-4-22-17-6-5-7-18(12-17)23-13-19(21)20-16-10-8-15(9-11-16)14(2)3/h5-12,14H,4,13H2,1-3H3,(H,20,21). The van der Waals surface area contributed by atoms with Crippen LogP contribution in [0.2, 0.25) is 0 Å². The van der Waals surface area contributed by atoms with E-state index >= 15 is 0 Å². The zero-order chi connectivity index (χ0) is 16.7. The van der Waals surface area contributed by atoms with Crippen LogP contribution in [0.3, 0.4) is 0 Å². The maximum Gasteiger partial charge on any atom is 0.262 e. The molecule has 0 aliphatic rings. The van der Waals surface area contributed by atoms with Crippen LogP contribution in [0, 0.1) is 0 Å². The number of rotatable bonds is 7. The van der Waals surface area contributed by atoms with Gasteiger partial charge in [-0.05, 0) is 42.7 Å². The van der Waals surface area contributed by atoms with Crippen molar-refractivity contribution >= 4 is 11.6 Å². The summed E-state index contributed by atoms with van der Waals surface area (Å²) in [6, 6.07) is 15.1. The molecule has 0 heterocycles. The van der Waals surface area contributed by atoms with Gasteiger partial charge in [-0.2, -0.15) is 0 Å². The first-order valence-electron chi connectivity index (χ1n) is 7.84. The Labute approximate surface area is 137 Å². The molecule has 4 nitrogen and oxygen atoms in total. The molecule has 4 heteroatoms. The van der Waals surface area contributed by atoms with Crippen LogP contribution < -0.4 is 14.8 Å². The van der Waals surface area contributed by atoms with E-state index in [9.17, 15) is 4.79 Å². The lowest BCUT2D eigenvalue weighted by Gasteiger charge is -2.10. The Hall–Kier alpha value is -2.49. The van der Waals surface area contributed by atoms with Gasteiger partial charge in [-0.25, -0.2) is 0 Å². The first-order valence-corrected chi connectivity index (χ1v) is 7.84. The summed E-state index contributed by atoms with van der Waals surface area (Å²) in [5.41, 5.74) is 2.01. The van der Waals surface area contributed by atoms with E-state index in [0.717, 1.165) is 11.4 Å². The minimum absolute atomic E-state index is 0.0402. The fourth-order valence-corrected chi connectivity index (χ4v) is 2.12. The molecule has 0 unspecified atom stereocenters. The van der Waals surface area contributed by atoms with Gasteiger partial charge in [-0.1, -0.05) is 32.0 Å². The molecule has 0 atom stereocenters. The highest BCUT2D eigenvalue weighted by atomic mass is 16.5. The molecule has 2 rings (SSSR count). The summed E-state index contributed by atoms with van der Waals surface area (Å²) >= 11 is 0. The summed E-state index contributed by atoms with van der Waals surface area (Å²) in [5.74, 6) is 1.63. The van der Waals surface area contributed by atoms with Crippen LogP contribution in [0.1, 0.15) is 32.3 Å². The van der Waals surface area contributed by atoms with Gasteiger partial charge >= 0.3 is 0 Å². The molecule has 0 aliphatic carbocycles. The van der Waals surface area contributed by atoms with E-state index in [1.165, 1.54) is 5.56 Å². The second-order valence-electron chi connectivity index (χ2n) is 5.52. The summed E-state index contributed by atoms with van der Waals surface area (Å²) < 4.78 is 10.9. The van der Waals surface area contributed by atoms with Gasteiger partial charge in [0.2, 0.25) is 0 Å². The largest absolute Gasteiger partial charge is 0.494 e. The van der Waals surface area contributed by atoms with Crippen LogP contribution >= 0.6 is 0 Å². The Morgan fingerprint density at radius 1 is 1.04 bits per heavy atom. The fourth-order valence-electron chi connectivity index (χ4n) is 2.12. The van der Waals surface area contributed by atoms with Gasteiger partial charge in [0, 0.05) is 11.8 Å². The van der Waals surface area contributed by atoms with Crippen molar-refractivity contribution in [1.29, 1.82) is 0 Å². The normalized spacial score (nSPS) is 10.4. The molecule has 23 heavy (non-hydrogen) atoms. The number of hydrogen-bond donors (Lipinski definition) is 1. The third kappa shape index (κ3) is 5.33. The van der Waals surface area contributed by atoms with Crippen LogP contribution in [0.25, 0.3) is 0 Å². The number of ether oxygens (including phenoxy) is 2. The second kappa shape index (κ2) is 8.22. The first kappa shape index (κ1) is 16.9. The van der Waals surface area contributed by atoms with Gasteiger partial charge in [0.15, 0.2) is 6.61 Å². The third-order valence-electron chi connectivity index (χ3n) is 3.35. The smallest absolute Gasteiger partial charge is 0.262 e. The van der Waals surface area contributed by atoms with E-state index in [4.69, 9.17) is 9.47 Å². The highest BCUT2D eigenvalue weighted by Gasteiger charge is 2.05. The molecular formula is C19H23NO3. The predicted octanol–water partition coefficient (Wildman–Crippen LogP) is 4.23. The van der Waals surface area contributed by atoms with Crippen LogP contribution in [0.15, 0.2) is 48.5 Å². The number of amides is 1. The lowest BCUT2D eigenvalue weighted by molar-refractivity contribution is -0.118. The maximum atomic E-state index is 11.9. The van der Waals surface area contributed by atoms with Crippen molar-refractivity contribution in [2.75, 3.05) is 18.5 Å². The van der Waals surface area contributed by atoms with Gasteiger partial charge in [0.1, 0.15) is 11.5 Å². The molecule has 1 N–H and O–H groups in total. The van der Waals surface area contributed by atoms with Crippen molar-refractivity contribution in [2.24, 2.45) is 0 Å². The average Bonchev–Trinajstić information content (AvgIpc) is 2.54. The van der Waals surface area contributed by atoms with Crippen molar-refractivity contribution in [2.45, 2.75) is 26.7 Å². The van der Waals surface area contributed by atoms with E-state index in [1.54, 1.807) is 12.1 Å². The molecular weight excluding hydrogens is 290 g/mol. The lowest BCUT2D eigenvalue weighted by Crippen LogP contribution is -2.20.